The molecule has 0 spiro atoms. The molecule has 0 radical (unpaired) electrons. The zero-order valence-electron chi connectivity index (χ0n) is 8.80. The van der Waals surface area contributed by atoms with Crippen LogP contribution in [0.15, 0.2) is 53.8 Å². The second-order valence-corrected chi connectivity index (χ2v) is 3.57. The molecular weight excluding hydrogens is 184 g/mol. The lowest BCUT2D eigenvalue weighted by Gasteiger charge is -1.91. The quantitative estimate of drug-likeness (QED) is 0.675. The third-order valence-electron chi connectivity index (χ3n) is 2.21. The molecule has 0 saturated heterocycles. The second-order valence-electron chi connectivity index (χ2n) is 3.57. The highest BCUT2D eigenvalue weighted by Gasteiger charge is 1.91. The molecule has 0 unspecified atom stereocenters. The first-order chi connectivity index (χ1) is 7.34. The predicted octanol–water partition coefficient (Wildman–Crippen LogP) is 2.64. The number of aromatic nitrogens is 1. The average molecular weight is 198 g/mol. The van der Waals surface area contributed by atoms with Crippen LogP contribution in [0.5, 0.6) is 0 Å². The largest absolute Gasteiger partial charge is 0.357 e. The van der Waals surface area contributed by atoms with Crippen LogP contribution in [0.25, 0.3) is 0 Å². The summed E-state index contributed by atoms with van der Waals surface area (Å²) in [5, 5.41) is 0. The molecule has 76 valence electrons. The number of aryl methyl sites for hydroxylation is 1. The molecule has 0 fully saturated rings. The Morgan fingerprint density at radius 1 is 1.20 bits per heavy atom. The molecule has 0 bridgehead atoms. The topological polar surface area (TPSA) is 17.3 Å². The number of rotatable bonds is 3. The molecule has 0 amide bonds. The van der Waals surface area contributed by atoms with Crippen molar-refractivity contribution in [2.45, 2.75) is 6.54 Å². The Morgan fingerprint density at radius 2 is 2.00 bits per heavy atom. The van der Waals surface area contributed by atoms with Crippen LogP contribution in [0.2, 0.25) is 0 Å². The fraction of sp³-hybridized carbons (Fsp3) is 0.154. The summed E-state index contributed by atoms with van der Waals surface area (Å²) in [6.07, 6.45) is 6.03. The van der Waals surface area contributed by atoms with Gasteiger partial charge in [0, 0.05) is 25.7 Å². The molecule has 2 heteroatoms. The van der Waals surface area contributed by atoms with E-state index in [0.717, 1.165) is 12.1 Å². The van der Waals surface area contributed by atoms with Crippen molar-refractivity contribution in [3.63, 3.8) is 0 Å². The van der Waals surface area contributed by atoms with Gasteiger partial charge in [-0.15, -0.1) is 0 Å². The van der Waals surface area contributed by atoms with Gasteiger partial charge >= 0.3 is 0 Å². The van der Waals surface area contributed by atoms with Gasteiger partial charge < -0.3 is 4.57 Å². The molecule has 0 aliphatic heterocycles. The van der Waals surface area contributed by atoms with Gasteiger partial charge in [0.15, 0.2) is 0 Å². The normalized spacial score (nSPS) is 11.0. The lowest BCUT2D eigenvalue weighted by atomic mass is 10.2. The van der Waals surface area contributed by atoms with Gasteiger partial charge in [-0.05, 0) is 17.2 Å². The van der Waals surface area contributed by atoms with Gasteiger partial charge in [0.1, 0.15) is 0 Å². The lowest BCUT2D eigenvalue weighted by Crippen LogP contribution is -1.83. The molecule has 1 aromatic heterocycles. The number of nitrogens with zero attached hydrogens (tertiary/aromatic N) is 2. The van der Waals surface area contributed by atoms with E-state index < -0.39 is 0 Å². The van der Waals surface area contributed by atoms with Crippen molar-refractivity contribution < 1.29 is 0 Å². The van der Waals surface area contributed by atoms with Crippen LogP contribution in [0, 0.1) is 0 Å². The molecule has 1 aromatic carbocycles. The highest BCUT2D eigenvalue weighted by molar-refractivity contribution is 5.79. The van der Waals surface area contributed by atoms with E-state index in [1.807, 2.05) is 42.2 Å². The molecule has 0 saturated carbocycles. The van der Waals surface area contributed by atoms with Gasteiger partial charge in [-0.3, -0.25) is 4.99 Å². The van der Waals surface area contributed by atoms with Gasteiger partial charge in [0.25, 0.3) is 0 Å². The molecule has 0 N–H and O–H groups in total. The zero-order valence-corrected chi connectivity index (χ0v) is 8.80. The molecule has 1 heterocycles. The summed E-state index contributed by atoms with van der Waals surface area (Å²) >= 11 is 0. The van der Waals surface area contributed by atoms with Crippen molar-refractivity contribution in [2.75, 3.05) is 0 Å². The first-order valence-corrected chi connectivity index (χ1v) is 5.00. The maximum atomic E-state index is 4.39. The van der Waals surface area contributed by atoms with E-state index in [4.69, 9.17) is 0 Å². The van der Waals surface area contributed by atoms with Gasteiger partial charge in [-0.1, -0.05) is 30.3 Å². The van der Waals surface area contributed by atoms with Gasteiger partial charge in [0.05, 0.1) is 6.54 Å². The van der Waals surface area contributed by atoms with Crippen LogP contribution in [0.4, 0.5) is 0 Å². The van der Waals surface area contributed by atoms with Crippen molar-refractivity contribution >= 4 is 6.21 Å². The second kappa shape index (κ2) is 4.60. The summed E-state index contributed by atoms with van der Waals surface area (Å²) in [4.78, 5) is 4.39. The molecular formula is C13H14N2. The number of aliphatic imine (C=N–C) groups is 1. The minimum atomic E-state index is 0.746. The maximum absolute atomic E-state index is 4.39. The molecule has 15 heavy (non-hydrogen) atoms. The Labute approximate surface area is 89.9 Å². The fourth-order valence-electron chi connectivity index (χ4n) is 1.45. The summed E-state index contributed by atoms with van der Waals surface area (Å²) in [7, 11) is 2.02. The molecule has 0 aliphatic rings. The number of benzene rings is 1. The Bertz CT molecular complexity index is 441. The van der Waals surface area contributed by atoms with E-state index >= 15 is 0 Å². The molecule has 2 nitrogen and oxygen atoms in total. The van der Waals surface area contributed by atoms with Crippen molar-refractivity contribution in [2.24, 2.45) is 12.0 Å². The van der Waals surface area contributed by atoms with Gasteiger partial charge in [-0.2, -0.15) is 0 Å². The first-order valence-electron chi connectivity index (χ1n) is 5.00. The molecule has 0 aliphatic carbocycles. The van der Waals surface area contributed by atoms with Crippen molar-refractivity contribution in [3.05, 3.63) is 59.9 Å². The SMILES string of the molecule is Cn1ccc(CN=Cc2ccccc2)c1. The highest BCUT2D eigenvalue weighted by atomic mass is 14.9. The minimum absolute atomic E-state index is 0.746. The Morgan fingerprint density at radius 3 is 2.67 bits per heavy atom. The standard InChI is InChI=1S/C13H14N2/c1-15-8-7-13(11-15)10-14-9-12-5-3-2-4-6-12/h2-9,11H,10H2,1H3. The third kappa shape index (κ3) is 2.81. The lowest BCUT2D eigenvalue weighted by molar-refractivity contribution is 0.917. The predicted molar refractivity (Wildman–Crippen MR) is 63.2 cm³/mol. The zero-order chi connectivity index (χ0) is 10.5. The third-order valence-corrected chi connectivity index (χ3v) is 2.21. The summed E-state index contributed by atoms with van der Waals surface area (Å²) in [6.45, 7) is 0.746. The van der Waals surface area contributed by atoms with E-state index in [1.54, 1.807) is 0 Å². The van der Waals surface area contributed by atoms with Crippen molar-refractivity contribution in [3.8, 4) is 0 Å². The van der Waals surface area contributed by atoms with E-state index in [-0.39, 0.29) is 0 Å². The van der Waals surface area contributed by atoms with Crippen molar-refractivity contribution in [1.29, 1.82) is 0 Å². The van der Waals surface area contributed by atoms with E-state index in [9.17, 15) is 0 Å². The molecule has 0 atom stereocenters. The number of hydrogen-bond donors (Lipinski definition) is 0. The van der Waals surface area contributed by atoms with E-state index in [2.05, 4.69) is 29.4 Å². The van der Waals surface area contributed by atoms with E-state index in [1.165, 1.54) is 5.56 Å². The Hall–Kier alpha value is -1.83. The van der Waals surface area contributed by atoms with Gasteiger partial charge in [0.2, 0.25) is 0 Å². The van der Waals surface area contributed by atoms with Crippen LogP contribution in [-0.4, -0.2) is 10.8 Å². The monoisotopic (exact) mass is 198 g/mol. The van der Waals surface area contributed by atoms with Crippen LogP contribution in [0.3, 0.4) is 0 Å². The van der Waals surface area contributed by atoms with Crippen molar-refractivity contribution in [1.82, 2.24) is 4.57 Å². The van der Waals surface area contributed by atoms with Crippen LogP contribution < -0.4 is 0 Å². The Balaban J connectivity index is 1.96. The summed E-state index contributed by atoms with van der Waals surface area (Å²) in [5.74, 6) is 0. The van der Waals surface area contributed by atoms with Crippen LogP contribution in [-0.2, 0) is 13.6 Å². The van der Waals surface area contributed by atoms with Gasteiger partial charge in [-0.25, -0.2) is 0 Å². The summed E-state index contributed by atoms with van der Waals surface area (Å²) in [5.41, 5.74) is 2.39. The number of hydrogen-bond acceptors (Lipinski definition) is 1. The molecule has 2 aromatic rings. The average Bonchev–Trinajstić information content (AvgIpc) is 2.66. The summed E-state index contributed by atoms with van der Waals surface area (Å²) < 4.78 is 2.04. The minimum Gasteiger partial charge on any atom is -0.357 e. The summed E-state index contributed by atoms with van der Waals surface area (Å²) in [6, 6.07) is 12.2. The van der Waals surface area contributed by atoms with Crippen LogP contribution in [0.1, 0.15) is 11.1 Å². The fourth-order valence-corrected chi connectivity index (χ4v) is 1.45. The Kier molecular flexibility index (Phi) is 2.98. The molecule has 2 rings (SSSR count). The van der Waals surface area contributed by atoms with Crippen LogP contribution >= 0.6 is 0 Å². The first kappa shape index (κ1) is 9.71. The maximum Gasteiger partial charge on any atom is 0.0654 e. The highest BCUT2D eigenvalue weighted by Crippen LogP contribution is 2.01. The van der Waals surface area contributed by atoms with E-state index in [0.29, 0.717) is 0 Å². The smallest absolute Gasteiger partial charge is 0.0654 e.